The van der Waals surface area contributed by atoms with Gasteiger partial charge in [0, 0.05) is 9.26 Å². The minimum Gasteiger partial charge on any atom is -0.446 e. The topological polar surface area (TPSA) is 81.1 Å². The van der Waals surface area contributed by atoms with Crippen molar-refractivity contribution in [3.05, 3.63) is 45.7 Å². The molecule has 0 saturated heterocycles. The fourth-order valence-corrected chi connectivity index (χ4v) is 2.35. The summed E-state index contributed by atoms with van der Waals surface area (Å²) in [6, 6.07) is 7.24. The Labute approximate surface area is 137 Å². The van der Waals surface area contributed by atoms with Gasteiger partial charge in [-0.3, -0.25) is 4.79 Å². The van der Waals surface area contributed by atoms with E-state index in [0.717, 1.165) is 15.7 Å². The van der Waals surface area contributed by atoms with Crippen molar-refractivity contribution in [1.29, 1.82) is 0 Å². The number of nitrogens with zero attached hydrogens (tertiary/aromatic N) is 1. The number of benzene rings is 1. The van der Waals surface area contributed by atoms with E-state index in [9.17, 15) is 4.79 Å². The Morgan fingerprint density at radius 1 is 1.52 bits per heavy atom. The van der Waals surface area contributed by atoms with Crippen molar-refractivity contribution < 1.29 is 9.21 Å². The van der Waals surface area contributed by atoms with Crippen molar-refractivity contribution in [2.75, 3.05) is 5.32 Å². The molecule has 21 heavy (non-hydrogen) atoms. The van der Waals surface area contributed by atoms with Crippen LogP contribution in [0.3, 0.4) is 0 Å². The molecule has 1 aromatic carbocycles. The van der Waals surface area contributed by atoms with Crippen LogP contribution in [-0.4, -0.2) is 10.9 Å². The van der Waals surface area contributed by atoms with Crippen molar-refractivity contribution >= 4 is 34.2 Å². The van der Waals surface area contributed by atoms with Crippen LogP contribution in [0.5, 0.6) is 0 Å². The molecule has 1 heterocycles. The molecule has 0 aliphatic rings. The van der Waals surface area contributed by atoms with Crippen LogP contribution >= 0.6 is 22.6 Å². The number of halogens is 1. The minimum absolute atomic E-state index is 0.239. The predicted octanol–water partition coefficient (Wildman–Crippen LogP) is 3.58. The zero-order chi connectivity index (χ0) is 15.4. The highest BCUT2D eigenvalue weighted by Gasteiger charge is 2.20. The lowest BCUT2D eigenvalue weighted by molar-refractivity contribution is 0.102. The SMILES string of the molecule is CCC(C)C(N)c1nc(C(=O)Nc2cccc(I)c2)co1. The number of hydrogen-bond acceptors (Lipinski definition) is 4. The van der Waals surface area contributed by atoms with E-state index in [-0.39, 0.29) is 23.6 Å². The van der Waals surface area contributed by atoms with Gasteiger partial charge in [0.25, 0.3) is 5.91 Å². The number of carbonyl (C=O) groups excluding carboxylic acids is 1. The molecule has 0 saturated carbocycles. The van der Waals surface area contributed by atoms with Gasteiger partial charge < -0.3 is 15.5 Å². The second-order valence-electron chi connectivity index (χ2n) is 4.95. The standard InChI is InChI=1S/C15H18IN3O2/c1-3-9(2)13(17)15-19-12(8-21-15)14(20)18-11-6-4-5-10(16)7-11/h4-9,13H,3,17H2,1-2H3,(H,18,20). The van der Waals surface area contributed by atoms with Gasteiger partial charge >= 0.3 is 0 Å². The summed E-state index contributed by atoms with van der Waals surface area (Å²) >= 11 is 2.19. The maximum atomic E-state index is 12.1. The number of amides is 1. The molecule has 2 unspecified atom stereocenters. The second-order valence-corrected chi connectivity index (χ2v) is 6.19. The summed E-state index contributed by atoms with van der Waals surface area (Å²) in [5.41, 5.74) is 7.01. The van der Waals surface area contributed by atoms with Crippen LogP contribution in [0.4, 0.5) is 5.69 Å². The largest absolute Gasteiger partial charge is 0.446 e. The van der Waals surface area contributed by atoms with E-state index < -0.39 is 0 Å². The molecule has 5 nitrogen and oxygen atoms in total. The molecule has 0 fully saturated rings. The Kier molecular flexibility index (Phi) is 5.35. The second kappa shape index (κ2) is 7.04. The first kappa shape index (κ1) is 16.0. The van der Waals surface area contributed by atoms with E-state index in [0.29, 0.717) is 5.89 Å². The number of nitrogens with two attached hydrogens (primary N) is 1. The van der Waals surface area contributed by atoms with E-state index in [2.05, 4.69) is 39.8 Å². The number of aromatic nitrogens is 1. The molecule has 2 rings (SSSR count). The van der Waals surface area contributed by atoms with E-state index in [1.165, 1.54) is 6.26 Å². The quantitative estimate of drug-likeness (QED) is 0.754. The average molecular weight is 399 g/mol. The van der Waals surface area contributed by atoms with Gasteiger partial charge in [0.2, 0.25) is 5.89 Å². The summed E-state index contributed by atoms with van der Waals surface area (Å²) < 4.78 is 6.38. The van der Waals surface area contributed by atoms with Crippen molar-refractivity contribution in [3.63, 3.8) is 0 Å². The van der Waals surface area contributed by atoms with Crippen LogP contribution in [-0.2, 0) is 0 Å². The number of nitrogens with one attached hydrogen (secondary N) is 1. The smallest absolute Gasteiger partial charge is 0.277 e. The number of oxazole rings is 1. The van der Waals surface area contributed by atoms with E-state index in [1.54, 1.807) is 0 Å². The van der Waals surface area contributed by atoms with Crippen LogP contribution in [0, 0.1) is 9.49 Å². The molecule has 2 atom stereocenters. The van der Waals surface area contributed by atoms with Crippen LogP contribution < -0.4 is 11.1 Å². The van der Waals surface area contributed by atoms with Crippen molar-refractivity contribution in [2.45, 2.75) is 26.3 Å². The molecular formula is C15H18IN3O2. The van der Waals surface area contributed by atoms with Crippen LogP contribution in [0.1, 0.15) is 42.7 Å². The molecule has 6 heteroatoms. The van der Waals surface area contributed by atoms with Gasteiger partial charge in [0.1, 0.15) is 6.26 Å². The molecule has 0 bridgehead atoms. The molecular weight excluding hydrogens is 381 g/mol. The van der Waals surface area contributed by atoms with Crippen molar-refractivity contribution in [2.24, 2.45) is 11.7 Å². The zero-order valence-electron chi connectivity index (χ0n) is 12.0. The number of rotatable bonds is 5. The van der Waals surface area contributed by atoms with Gasteiger partial charge in [0.05, 0.1) is 6.04 Å². The summed E-state index contributed by atoms with van der Waals surface area (Å²) in [5.74, 6) is 0.343. The zero-order valence-corrected chi connectivity index (χ0v) is 14.1. The molecule has 3 N–H and O–H groups in total. The fraction of sp³-hybridized carbons (Fsp3) is 0.333. The van der Waals surface area contributed by atoms with Gasteiger partial charge in [-0.15, -0.1) is 0 Å². The van der Waals surface area contributed by atoms with Crippen molar-refractivity contribution in [3.8, 4) is 0 Å². The Bertz CT molecular complexity index is 627. The highest BCUT2D eigenvalue weighted by atomic mass is 127. The van der Waals surface area contributed by atoms with Gasteiger partial charge in [-0.2, -0.15) is 0 Å². The monoisotopic (exact) mass is 399 g/mol. The van der Waals surface area contributed by atoms with Gasteiger partial charge in [-0.05, 0) is 46.7 Å². The third kappa shape index (κ3) is 4.04. The summed E-state index contributed by atoms with van der Waals surface area (Å²) in [5, 5.41) is 2.79. The maximum Gasteiger partial charge on any atom is 0.277 e. The van der Waals surface area contributed by atoms with Crippen LogP contribution in [0.25, 0.3) is 0 Å². The Morgan fingerprint density at radius 3 is 2.95 bits per heavy atom. The summed E-state index contributed by atoms with van der Waals surface area (Å²) in [6.07, 6.45) is 2.27. The van der Waals surface area contributed by atoms with Crippen molar-refractivity contribution in [1.82, 2.24) is 4.98 Å². The molecule has 1 aromatic heterocycles. The summed E-state index contributed by atoms with van der Waals surface area (Å²) in [7, 11) is 0. The third-order valence-corrected chi connectivity index (χ3v) is 4.05. The lowest BCUT2D eigenvalue weighted by Crippen LogP contribution is -2.19. The predicted molar refractivity (Wildman–Crippen MR) is 90.0 cm³/mol. The highest BCUT2D eigenvalue weighted by molar-refractivity contribution is 14.1. The first-order chi connectivity index (χ1) is 10.0. The number of anilines is 1. The summed E-state index contributed by atoms with van der Waals surface area (Å²) in [4.78, 5) is 16.3. The first-order valence-electron chi connectivity index (χ1n) is 6.79. The molecule has 0 radical (unpaired) electrons. The van der Waals surface area contributed by atoms with Gasteiger partial charge in [0.15, 0.2) is 5.69 Å². The van der Waals surface area contributed by atoms with Crippen LogP contribution in [0.2, 0.25) is 0 Å². The van der Waals surface area contributed by atoms with Gasteiger partial charge in [-0.25, -0.2) is 4.98 Å². The number of hydrogen-bond donors (Lipinski definition) is 2. The average Bonchev–Trinajstić information content (AvgIpc) is 2.95. The maximum absolute atomic E-state index is 12.1. The summed E-state index contributed by atoms with van der Waals surface area (Å²) in [6.45, 7) is 4.08. The Balaban J connectivity index is 2.09. The molecule has 2 aromatic rings. The first-order valence-corrected chi connectivity index (χ1v) is 7.87. The number of carbonyl (C=O) groups is 1. The van der Waals surface area contributed by atoms with E-state index in [1.807, 2.05) is 31.2 Å². The lowest BCUT2D eigenvalue weighted by Gasteiger charge is -2.13. The normalized spacial score (nSPS) is 13.7. The third-order valence-electron chi connectivity index (χ3n) is 3.38. The van der Waals surface area contributed by atoms with Crippen LogP contribution in [0.15, 0.2) is 34.9 Å². The molecule has 0 aliphatic heterocycles. The van der Waals surface area contributed by atoms with E-state index >= 15 is 0 Å². The highest BCUT2D eigenvalue weighted by Crippen LogP contribution is 2.21. The molecule has 112 valence electrons. The Morgan fingerprint density at radius 2 is 2.29 bits per heavy atom. The fourth-order valence-electron chi connectivity index (χ4n) is 1.80. The van der Waals surface area contributed by atoms with Gasteiger partial charge in [-0.1, -0.05) is 26.3 Å². The minimum atomic E-state index is -0.302. The molecule has 1 amide bonds. The molecule has 0 spiro atoms. The Hall–Kier alpha value is -1.41. The molecule has 0 aliphatic carbocycles. The lowest BCUT2D eigenvalue weighted by atomic mass is 10.0. The van der Waals surface area contributed by atoms with E-state index in [4.69, 9.17) is 10.2 Å².